The summed E-state index contributed by atoms with van der Waals surface area (Å²) in [5.74, 6) is -0.162. The van der Waals surface area contributed by atoms with Gasteiger partial charge < -0.3 is 9.47 Å². The first-order valence-corrected chi connectivity index (χ1v) is 4.97. The number of hydrogen-bond donors (Lipinski definition) is 0. The van der Waals surface area contributed by atoms with Gasteiger partial charge in [-0.3, -0.25) is 4.79 Å². The largest absolute Gasteiger partial charge is 0.462 e. The van der Waals surface area contributed by atoms with E-state index in [1.807, 2.05) is 34.6 Å². The van der Waals surface area contributed by atoms with Crippen LogP contribution in [0.25, 0.3) is 0 Å². The lowest BCUT2D eigenvalue weighted by Crippen LogP contribution is -2.34. The summed E-state index contributed by atoms with van der Waals surface area (Å²) < 4.78 is 10.3. The maximum absolute atomic E-state index is 11.6. The number of rotatable bonds is 5. The second-order valence-electron chi connectivity index (χ2n) is 4.78. The normalized spacial score (nSPS) is 12.7. The molecule has 0 aromatic carbocycles. The van der Waals surface area contributed by atoms with Crippen molar-refractivity contribution < 1.29 is 14.3 Å². The molecular formula is C11H22O3. The van der Waals surface area contributed by atoms with Crippen molar-refractivity contribution in [2.75, 3.05) is 13.7 Å². The molecule has 0 amide bonds. The maximum atomic E-state index is 11.6. The molecule has 0 N–H and O–H groups in total. The van der Waals surface area contributed by atoms with Gasteiger partial charge >= 0.3 is 5.97 Å². The molecule has 0 unspecified atom stereocenters. The summed E-state index contributed by atoms with van der Waals surface area (Å²) in [5.41, 5.74) is -0.802. The smallest absolute Gasteiger partial charge is 0.311 e. The lowest BCUT2D eigenvalue weighted by molar-refractivity contribution is -0.161. The zero-order valence-electron chi connectivity index (χ0n) is 10.1. The number of hydrogen-bond acceptors (Lipinski definition) is 3. The molecule has 0 aliphatic heterocycles. The highest BCUT2D eigenvalue weighted by Gasteiger charge is 2.29. The molecular weight excluding hydrogens is 180 g/mol. The summed E-state index contributed by atoms with van der Waals surface area (Å²) in [4.78, 5) is 11.6. The number of carbonyl (C=O) groups is 1. The van der Waals surface area contributed by atoms with Crippen LogP contribution in [-0.2, 0) is 14.3 Å². The van der Waals surface area contributed by atoms with Gasteiger partial charge in [0.25, 0.3) is 0 Å². The van der Waals surface area contributed by atoms with E-state index >= 15 is 0 Å². The van der Waals surface area contributed by atoms with Crippen LogP contribution in [0.15, 0.2) is 0 Å². The summed E-state index contributed by atoms with van der Waals surface area (Å²) in [5, 5.41) is 0. The van der Waals surface area contributed by atoms with E-state index in [4.69, 9.17) is 9.47 Å². The minimum Gasteiger partial charge on any atom is -0.462 e. The van der Waals surface area contributed by atoms with Gasteiger partial charge in [-0.25, -0.2) is 0 Å². The Morgan fingerprint density at radius 2 is 1.71 bits per heavy atom. The fourth-order valence-corrected chi connectivity index (χ4v) is 0.638. The first-order chi connectivity index (χ1) is 6.25. The van der Waals surface area contributed by atoms with E-state index in [9.17, 15) is 4.79 Å². The second-order valence-corrected chi connectivity index (χ2v) is 4.78. The first kappa shape index (κ1) is 13.4. The van der Waals surface area contributed by atoms with Crippen molar-refractivity contribution >= 4 is 5.97 Å². The number of ether oxygens (including phenoxy) is 2. The highest BCUT2D eigenvalue weighted by Crippen LogP contribution is 2.22. The molecule has 0 aliphatic rings. The third-order valence-electron chi connectivity index (χ3n) is 2.54. The average molecular weight is 202 g/mol. The number of esters is 1. The minimum absolute atomic E-state index is 0.162. The van der Waals surface area contributed by atoms with Crippen LogP contribution < -0.4 is 0 Å². The molecule has 0 heterocycles. The Kier molecular flexibility index (Phi) is 4.59. The topological polar surface area (TPSA) is 35.5 Å². The van der Waals surface area contributed by atoms with Gasteiger partial charge in [-0.05, 0) is 34.1 Å². The highest BCUT2D eigenvalue weighted by molar-refractivity contribution is 5.75. The van der Waals surface area contributed by atoms with Gasteiger partial charge in [0.15, 0.2) is 0 Å². The molecule has 0 saturated heterocycles. The van der Waals surface area contributed by atoms with Crippen molar-refractivity contribution in [2.45, 2.75) is 46.6 Å². The third kappa shape index (κ3) is 4.09. The molecule has 14 heavy (non-hydrogen) atoms. The van der Waals surface area contributed by atoms with E-state index in [1.165, 1.54) is 0 Å². The van der Waals surface area contributed by atoms with E-state index in [0.717, 1.165) is 6.42 Å². The van der Waals surface area contributed by atoms with Crippen molar-refractivity contribution in [1.82, 2.24) is 0 Å². The van der Waals surface area contributed by atoms with Gasteiger partial charge in [-0.1, -0.05) is 6.92 Å². The molecule has 0 atom stereocenters. The van der Waals surface area contributed by atoms with Crippen molar-refractivity contribution in [3.63, 3.8) is 0 Å². The van der Waals surface area contributed by atoms with Crippen LogP contribution in [-0.4, -0.2) is 25.3 Å². The maximum Gasteiger partial charge on any atom is 0.311 e. The van der Waals surface area contributed by atoms with Crippen LogP contribution in [0.2, 0.25) is 0 Å². The first-order valence-electron chi connectivity index (χ1n) is 4.97. The molecule has 84 valence electrons. The summed E-state index contributed by atoms with van der Waals surface area (Å²) in [6.45, 7) is 9.82. The van der Waals surface area contributed by atoms with Crippen LogP contribution in [0.4, 0.5) is 0 Å². The molecule has 3 heteroatoms. The molecule has 0 bridgehead atoms. The van der Waals surface area contributed by atoms with Gasteiger partial charge in [0.05, 0.1) is 11.0 Å². The van der Waals surface area contributed by atoms with Gasteiger partial charge in [0.1, 0.15) is 6.61 Å². The van der Waals surface area contributed by atoms with E-state index < -0.39 is 11.0 Å². The molecule has 0 rings (SSSR count). The molecule has 0 aromatic rings. The number of methoxy groups -OCH3 is 1. The molecule has 3 nitrogen and oxygen atoms in total. The fraction of sp³-hybridized carbons (Fsp3) is 0.909. The lowest BCUT2D eigenvalue weighted by atomic mass is 9.91. The molecule has 0 fully saturated rings. The SMILES string of the molecule is CCC(C)(C)C(=O)OCC(C)(C)OC. The Balaban J connectivity index is 4.10. The monoisotopic (exact) mass is 202 g/mol. The molecule has 0 saturated carbocycles. The van der Waals surface area contributed by atoms with Crippen LogP contribution in [0.5, 0.6) is 0 Å². The van der Waals surface area contributed by atoms with Gasteiger partial charge in [-0.2, -0.15) is 0 Å². The number of carbonyl (C=O) groups excluding carboxylic acids is 1. The van der Waals surface area contributed by atoms with Crippen molar-refractivity contribution in [1.29, 1.82) is 0 Å². The fourth-order valence-electron chi connectivity index (χ4n) is 0.638. The lowest BCUT2D eigenvalue weighted by Gasteiger charge is -2.26. The molecule has 0 aliphatic carbocycles. The third-order valence-corrected chi connectivity index (χ3v) is 2.54. The van der Waals surface area contributed by atoms with Crippen LogP contribution in [0.3, 0.4) is 0 Å². The van der Waals surface area contributed by atoms with E-state index in [0.29, 0.717) is 6.61 Å². The highest BCUT2D eigenvalue weighted by atomic mass is 16.6. The predicted octanol–water partition coefficient (Wildman–Crippen LogP) is 2.39. The van der Waals surface area contributed by atoms with Crippen LogP contribution in [0, 0.1) is 5.41 Å². The summed E-state index contributed by atoms with van der Waals surface area (Å²) in [6.07, 6.45) is 0.777. The van der Waals surface area contributed by atoms with E-state index in [-0.39, 0.29) is 5.97 Å². The summed E-state index contributed by atoms with van der Waals surface area (Å²) in [6, 6.07) is 0. The van der Waals surface area contributed by atoms with Gasteiger partial charge in [0, 0.05) is 7.11 Å². The summed E-state index contributed by atoms with van der Waals surface area (Å²) >= 11 is 0. The Morgan fingerprint density at radius 3 is 2.07 bits per heavy atom. The van der Waals surface area contributed by atoms with E-state index in [1.54, 1.807) is 7.11 Å². The average Bonchev–Trinajstić information content (AvgIpc) is 2.14. The van der Waals surface area contributed by atoms with Crippen LogP contribution >= 0.6 is 0 Å². The van der Waals surface area contributed by atoms with Crippen molar-refractivity contribution in [3.8, 4) is 0 Å². The van der Waals surface area contributed by atoms with Crippen molar-refractivity contribution in [3.05, 3.63) is 0 Å². The Morgan fingerprint density at radius 1 is 1.21 bits per heavy atom. The second kappa shape index (κ2) is 4.78. The quantitative estimate of drug-likeness (QED) is 0.642. The molecule has 0 aromatic heterocycles. The van der Waals surface area contributed by atoms with Crippen molar-refractivity contribution in [2.24, 2.45) is 5.41 Å². The summed E-state index contributed by atoms with van der Waals surface area (Å²) in [7, 11) is 1.61. The standard InChI is InChI=1S/C11H22O3/c1-7-10(2,3)9(12)14-8-11(4,5)13-6/h7-8H2,1-6H3. The van der Waals surface area contributed by atoms with Crippen LogP contribution in [0.1, 0.15) is 41.0 Å². The Labute approximate surface area is 86.8 Å². The molecule has 0 radical (unpaired) electrons. The van der Waals surface area contributed by atoms with Gasteiger partial charge in [-0.15, -0.1) is 0 Å². The van der Waals surface area contributed by atoms with Gasteiger partial charge in [0.2, 0.25) is 0 Å². The Hall–Kier alpha value is -0.570. The zero-order chi connectivity index (χ0) is 11.4. The molecule has 0 spiro atoms. The Bertz CT molecular complexity index is 195. The van der Waals surface area contributed by atoms with E-state index in [2.05, 4.69) is 0 Å². The predicted molar refractivity (Wildman–Crippen MR) is 56.1 cm³/mol. The minimum atomic E-state index is -0.403. The zero-order valence-corrected chi connectivity index (χ0v) is 10.1.